The Balaban J connectivity index is 2.02. The van der Waals surface area contributed by atoms with Gasteiger partial charge in [-0.15, -0.1) is 0 Å². The summed E-state index contributed by atoms with van der Waals surface area (Å²) in [6, 6.07) is 12.6. The summed E-state index contributed by atoms with van der Waals surface area (Å²) in [6.45, 7) is 3.94. The number of hydrogen-bond acceptors (Lipinski definition) is 4. The van der Waals surface area contributed by atoms with Crippen LogP contribution in [0.2, 0.25) is 0 Å². The maximum atomic E-state index is 12.2. The summed E-state index contributed by atoms with van der Waals surface area (Å²) in [5, 5.41) is 0. The molecule has 0 aliphatic heterocycles. The number of aryl methyl sites for hydroxylation is 2. The smallest absolute Gasteiger partial charge is 0.338 e. The van der Waals surface area contributed by atoms with E-state index in [-0.39, 0.29) is 12.4 Å². The predicted molar refractivity (Wildman–Crippen MR) is 87.7 cm³/mol. The molecule has 0 N–H and O–H groups in total. The van der Waals surface area contributed by atoms with Gasteiger partial charge in [-0.1, -0.05) is 29.8 Å². The van der Waals surface area contributed by atoms with Gasteiger partial charge in [-0.05, 0) is 43.2 Å². The number of methoxy groups -OCH3 is 1. The first-order valence-electron chi connectivity index (χ1n) is 7.36. The van der Waals surface area contributed by atoms with Gasteiger partial charge in [-0.3, -0.25) is 4.79 Å². The Kier molecular flexibility index (Phi) is 5.66. The van der Waals surface area contributed by atoms with E-state index in [2.05, 4.69) is 0 Å². The molecule has 0 aromatic heterocycles. The van der Waals surface area contributed by atoms with E-state index in [1.165, 1.54) is 0 Å². The zero-order valence-corrected chi connectivity index (χ0v) is 13.6. The molecule has 4 nitrogen and oxygen atoms in total. The predicted octanol–water partition coefficient (Wildman–Crippen LogP) is 3.49. The van der Waals surface area contributed by atoms with Gasteiger partial charge in [-0.25, -0.2) is 4.79 Å². The van der Waals surface area contributed by atoms with Crippen LogP contribution in [-0.2, 0) is 16.1 Å². The van der Waals surface area contributed by atoms with Gasteiger partial charge in [0.25, 0.3) is 0 Å². The van der Waals surface area contributed by atoms with Crippen molar-refractivity contribution in [3.05, 3.63) is 70.3 Å². The molecule has 2 aromatic carbocycles. The van der Waals surface area contributed by atoms with E-state index in [9.17, 15) is 9.59 Å². The number of ketones is 1. The Morgan fingerprint density at radius 3 is 2.57 bits per heavy atom. The van der Waals surface area contributed by atoms with Crippen molar-refractivity contribution in [1.82, 2.24) is 0 Å². The van der Waals surface area contributed by atoms with Crippen molar-refractivity contribution in [3.8, 4) is 0 Å². The standard InChI is InChI=1S/C19H20O4/c1-13-7-8-14(2)17(9-13)18(20)12-23-19(21)16-6-4-5-15(10-16)11-22-3/h4-10H,11-12H2,1-3H3. The third-order valence-corrected chi connectivity index (χ3v) is 3.50. The lowest BCUT2D eigenvalue weighted by atomic mass is 10.0. The molecule has 0 radical (unpaired) electrons. The number of carbonyl (C=O) groups excluding carboxylic acids is 2. The molecule has 0 saturated carbocycles. The average molecular weight is 312 g/mol. The zero-order valence-electron chi connectivity index (χ0n) is 13.6. The number of ether oxygens (including phenoxy) is 2. The van der Waals surface area contributed by atoms with Gasteiger partial charge in [0, 0.05) is 12.7 Å². The van der Waals surface area contributed by atoms with Crippen molar-refractivity contribution < 1.29 is 19.1 Å². The highest BCUT2D eigenvalue weighted by Crippen LogP contribution is 2.13. The van der Waals surface area contributed by atoms with E-state index in [1.54, 1.807) is 25.3 Å². The topological polar surface area (TPSA) is 52.6 Å². The molecule has 2 rings (SSSR count). The normalized spacial score (nSPS) is 10.4. The minimum Gasteiger partial charge on any atom is -0.454 e. The summed E-state index contributed by atoms with van der Waals surface area (Å²) in [5.41, 5.74) is 3.75. The number of hydrogen-bond donors (Lipinski definition) is 0. The van der Waals surface area contributed by atoms with Gasteiger partial charge in [-0.2, -0.15) is 0 Å². The third kappa shape index (κ3) is 4.50. The first-order valence-corrected chi connectivity index (χ1v) is 7.36. The number of esters is 1. The summed E-state index contributed by atoms with van der Waals surface area (Å²) < 4.78 is 10.2. The van der Waals surface area contributed by atoms with Crippen LogP contribution in [0, 0.1) is 13.8 Å². The minimum atomic E-state index is -0.512. The molecule has 0 heterocycles. The highest BCUT2D eigenvalue weighted by molar-refractivity contribution is 6.00. The Morgan fingerprint density at radius 2 is 1.83 bits per heavy atom. The van der Waals surface area contributed by atoms with E-state index < -0.39 is 5.97 Å². The fourth-order valence-electron chi connectivity index (χ4n) is 2.28. The first-order chi connectivity index (χ1) is 11.0. The largest absolute Gasteiger partial charge is 0.454 e. The van der Waals surface area contributed by atoms with Crippen LogP contribution in [0.1, 0.15) is 37.4 Å². The second kappa shape index (κ2) is 7.70. The molecule has 0 saturated heterocycles. The summed E-state index contributed by atoms with van der Waals surface area (Å²) in [4.78, 5) is 24.3. The Morgan fingerprint density at radius 1 is 1.04 bits per heavy atom. The van der Waals surface area contributed by atoms with Gasteiger partial charge in [0.1, 0.15) is 0 Å². The van der Waals surface area contributed by atoms with Gasteiger partial charge in [0.15, 0.2) is 6.61 Å². The van der Waals surface area contributed by atoms with Crippen molar-refractivity contribution in [2.75, 3.05) is 13.7 Å². The summed E-state index contributed by atoms with van der Waals surface area (Å²) in [6.07, 6.45) is 0. The second-order valence-corrected chi connectivity index (χ2v) is 5.45. The van der Waals surface area contributed by atoms with Crippen molar-refractivity contribution in [3.63, 3.8) is 0 Å². The Bertz CT molecular complexity index is 719. The van der Waals surface area contributed by atoms with Crippen LogP contribution in [0.15, 0.2) is 42.5 Å². The summed E-state index contributed by atoms with van der Waals surface area (Å²) in [5.74, 6) is -0.714. The molecule has 23 heavy (non-hydrogen) atoms. The fraction of sp³-hybridized carbons (Fsp3) is 0.263. The maximum Gasteiger partial charge on any atom is 0.338 e. The fourth-order valence-corrected chi connectivity index (χ4v) is 2.28. The van der Waals surface area contributed by atoms with Crippen molar-refractivity contribution in [1.29, 1.82) is 0 Å². The Hall–Kier alpha value is -2.46. The van der Waals surface area contributed by atoms with Crippen LogP contribution in [0.4, 0.5) is 0 Å². The average Bonchev–Trinajstić information content (AvgIpc) is 2.55. The Labute approximate surface area is 136 Å². The van der Waals surface area contributed by atoms with Gasteiger partial charge in [0.05, 0.1) is 12.2 Å². The van der Waals surface area contributed by atoms with Crippen LogP contribution >= 0.6 is 0 Å². The van der Waals surface area contributed by atoms with Crippen LogP contribution in [0.25, 0.3) is 0 Å². The number of benzene rings is 2. The second-order valence-electron chi connectivity index (χ2n) is 5.45. The van der Waals surface area contributed by atoms with Crippen molar-refractivity contribution >= 4 is 11.8 Å². The van der Waals surface area contributed by atoms with Crippen LogP contribution in [0.3, 0.4) is 0 Å². The molecular weight excluding hydrogens is 292 g/mol. The third-order valence-electron chi connectivity index (χ3n) is 3.50. The first kappa shape index (κ1) is 16.9. The molecule has 0 fully saturated rings. The summed E-state index contributed by atoms with van der Waals surface area (Å²) in [7, 11) is 1.59. The molecule has 0 aliphatic carbocycles. The lowest BCUT2D eigenvalue weighted by molar-refractivity contribution is 0.0474. The van der Waals surface area contributed by atoms with E-state index in [1.807, 2.05) is 38.1 Å². The lowest BCUT2D eigenvalue weighted by Gasteiger charge is -2.08. The highest BCUT2D eigenvalue weighted by atomic mass is 16.5. The van der Waals surface area contributed by atoms with E-state index in [0.29, 0.717) is 17.7 Å². The molecule has 4 heteroatoms. The SMILES string of the molecule is COCc1cccc(C(=O)OCC(=O)c2cc(C)ccc2C)c1. The van der Waals surface area contributed by atoms with E-state index in [0.717, 1.165) is 16.7 Å². The monoisotopic (exact) mass is 312 g/mol. The van der Waals surface area contributed by atoms with Crippen LogP contribution in [-0.4, -0.2) is 25.5 Å². The van der Waals surface area contributed by atoms with Crippen molar-refractivity contribution in [2.45, 2.75) is 20.5 Å². The lowest BCUT2D eigenvalue weighted by Crippen LogP contribution is -2.15. The highest BCUT2D eigenvalue weighted by Gasteiger charge is 2.14. The maximum absolute atomic E-state index is 12.2. The van der Waals surface area contributed by atoms with E-state index >= 15 is 0 Å². The molecular formula is C19H20O4. The molecule has 0 aliphatic rings. The number of rotatable bonds is 6. The quantitative estimate of drug-likeness (QED) is 0.605. The molecule has 0 unspecified atom stereocenters. The molecule has 0 atom stereocenters. The number of Topliss-reactive ketones (excluding diaryl/α,β-unsaturated/α-hetero) is 1. The number of carbonyl (C=O) groups is 2. The zero-order chi connectivity index (χ0) is 16.8. The molecule has 120 valence electrons. The van der Waals surface area contributed by atoms with E-state index in [4.69, 9.17) is 9.47 Å². The minimum absolute atomic E-state index is 0.201. The molecule has 0 amide bonds. The molecule has 2 aromatic rings. The van der Waals surface area contributed by atoms with Gasteiger partial charge < -0.3 is 9.47 Å². The summed E-state index contributed by atoms with van der Waals surface area (Å²) >= 11 is 0. The van der Waals surface area contributed by atoms with Gasteiger partial charge >= 0.3 is 5.97 Å². The van der Waals surface area contributed by atoms with Crippen LogP contribution in [0.5, 0.6) is 0 Å². The van der Waals surface area contributed by atoms with Crippen molar-refractivity contribution in [2.24, 2.45) is 0 Å². The molecule has 0 bridgehead atoms. The van der Waals surface area contributed by atoms with Crippen LogP contribution < -0.4 is 0 Å². The molecule has 0 spiro atoms. The van der Waals surface area contributed by atoms with Gasteiger partial charge in [0.2, 0.25) is 5.78 Å².